The van der Waals surface area contributed by atoms with Gasteiger partial charge in [0.25, 0.3) is 5.91 Å². The van der Waals surface area contributed by atoms with Crippen molar-refractivity contribution in [2.24, 2.45) is 0 Å². The van der Waals surface area contributed by atoms with Gasteiger partial charge in [-0.3, -0.25) is 4.79 Å². The number of aliphatic hydroxyl groups is 1. The number of aromatic nitrogens is 3. The molecule has 1 atom stereocenters. The van der Waals surface area contributed by atoms with Gasteiger partial charge in [0.05, 0.1) is 12.2 Å². The summed E-state index contributed by atoms with van der Waals surface area (Å²) < 4.78 is 4.99. The van der Waals surface area contributed by atoms with Crippen LogP contribution in [0.5, 0.6) is 0 Å². The van der Waals surface area contributed by atoms with E-state index < -0.39 is 5.60 Å². The molecule has 2 N–H and O–H groups in total. The van der Waals surface area contributed by atoms with Crippen LogP contribution in [-0.2, 0) is 0 Å². The average Bonchev–Trinajstić information content (AvgIpc) is 3.10. The summed E-state index contributed by atoms with van der Waals surface area (Å²) >= 11 is 0. The van der Waals surface area contributed by atoms with Crippen molar-refractivity contribution in [3.63, 3.8) is 0 Å². The number of β-amino-alcohol motifs (C(OH)–C–C–N with tert-alkyl or cyclic N) is 1. The van der Waals surface area contributed by atoms with Crippen LogP contribution < -0.4 is 10.2 Å². The number of carbonyl (C=O) groups is 1. The maximum Gasteiger partial charge on any atom is 0.256 e. The molecule has 2 aromatic rings. The minimum Gasteiger partial charge on any atom is -0.386 e. The van der Waals surface area contributed by atoms with Crippen molar-refractivity contribution in [1.29, 1.82) is 0 Å². The molecule has 0 aromatic carbocycles. The zero-order valence-corrected chi connectivity index (χ0v) is 13.1. The standard InChI is InChI=1S/C15H19N5O3/c1-10-12(11(2)23-19-10)13(21)18-8-15(22)4-7-20(9-15)14-16-5-3-6-17-14/h3,5-6,22H,4,7-9H2,1-2H3,(H,18,21)/t15-/m0/s1. The molecule has 3 rings (SSSR count). The first-order valence-corrected chi connectivity index (χ1v) is 7.44. The molecular weight excluding hydrogens is 298 g/mol. The highest BCUT2D eigenvalue weighted by Crippen LogP contribution is 2.24. The SMILES string of the molecule is Cc1noc(C)c1C(=O)NC[C@@]1(O)CCN(c2ncccn2)C1. The zero-order chi connectivity index (χ0) is 16.4. The Morgan fingerprint density at radius 1 is 1.43 bits per heavy atom. The fraction of sp³-hybridized carbons (Fsp3) is 0.467. The van der Waals surface area contributed by atoms with E-state index in [9.17, 15) is 9.90 Å². The van der Waals surface area contributed by atoms with Gasteiger partial charge in [-0.25, -0.2) is 9.97 Å². The van der Waals surface area contributed by atoms with E-state index in [1.165, 1.54) is 0 Å². The van der Waals surface area contributed by atoms with Crippen molar-refractivity contribution < 1.29 is 14.4 Å². The fourth-order valence-electron chi connectivity index (χ4n) is 2.77. The van der Waals surface area contributed by atoms with Gasteiger partial charge < -0.3 is 19.8 Å². The van der Waals surface area contributed by atoms with Crippen LogP contribution >= 0.6 is 0 Å². The Labute approximate surface area is 133 Å². The number of nitrogens with one attached hydrogen (secondary N) is 1. The second kappa shape index (κ2) is 5.96. The van der Waals surface area contributed by atoms with Crippen molar-refractivity contribution >= 4 is 11.9 Å². The second-order valence-electron chi connectivity index (χ2n) is 5.83. The second-order valence-corrected chi connectivity index (χ2v) is 5.83. The number of anilines is 1. The summed E-state index contributed by atoms with van der Waals surface area (Å²) in [5.41, 5.74) is -0.0408. The van der Waals surface area contributed by atoms with Crippen LogP contribution in [0.15, 0.2) is 23.0 Å². The number of carbonyl (C=O) groups excluding carboxylic acids is 1. The van der Waals surface area contributed by atoms with Crippen LogP contribution in [0.3, 0.4) is 0 Å². The van der Waals surface area contributed by atoms with Crippen LogP contribution in [0.25, 0.3) is 0 Å². The molecule has 1 saturated heterocycles. The third-order valence-electron chi connectivity index (χ3n) is 4.01. The molecule has 8 nitrogen and oxygen atoms in total. The van der Waals surface area contributed by atoms with Crippen molar-refractivity contribution in [2.45, 2.75) is 25.9 Å². The van der Waals surface area contributed by atoms with E-state index in [0.717, 1.165) is 0 Å². The summed E-state index contributed by atoms with van der Waals surface area (Å²) in [6, 6.07) is 1.75. The van der Waals surface area contributed by atoms with Gasteiger partial charge in [0, 0.05) is 25.5 Å². The van der Waals surface area contributed by atoms with E-state index in [2.05, 4.69) is 20.4 Å². The molecule has 8 heteroatoms. The van der Waals surface area contributed by atoms with Crippen molar-refractivity contribution in [2.75, 3.05) is 24.5 Å². The summed E-state index contributed by atoms with van der Waals surface area (Å²) in [6.07, 6.45) is 3.87. The van der Waals surface area contributed by atoms with Gasteiger partial charge in [-0.2, -0.15) is 0 Å². The zero-order valence-electron chi connectivity index (χ0n) is 13.1. The molecule has 0 aliphatic carbocycles. The number of aryl methyl sites for hydroxylation is 2. The molecule has 3 heterocycles. The lowest BCUT2D eigenvalue weighted by Crippen LogP contribution is -2.45. The predicted octanol–water partition coefficient (Wildman–Crippen LogP) is 0.453. The number of nitrogens with zero attached hydrogens (tertiary/aromatic N) is 4. The molecular formula is C15H19N5O3. The molecule has 0 saturated carbocycles. The Balaban J connectivity index is 1.61. The van der Waals surface area contributed by atoms with E-state index in [1.807, 2.05) is 4.90 Å². The first-order chi connectivity index (χ1) is 11.0. The van der Waals surface area contributed by atoms with Crippen molar-refractivity contribution in [1.82, 2.24) is 20.4 Å². The van der Waals surface area contributed by atoms with E-state index in [4.69, 9.17) is 4.52 Å². The van der Waals surface area contributed by atoms with Gasteiger partial charge in [-0.1, -0.05) is 5.16 Å². The highest BCUT2D eigenvalue weighted by molar-refractivity contribution is 5.96. The summed E-state index contributed by atoms with van der Waals surface area (Å²) in [7, 11) is 0. The number of amides is 1. The molecule has 0 bridgehead atoms. The van der Waals surface area contributed by atoms with E-state index in [-0.39, 0.29) is 12.5 Å². The molecule has 0 radical (unpaired) electrons. The Kier molecular flexibility index (Phi) is 3.99. The highest BCUT2D eigenvalue weighted by Gasteiger charge is 2.37. The third-order valence-corrected chi connectivity index (χ3v) is 4.01. The first-order valence-electron chi connectivity index (χ1n) is 7.44. The lowest BCUT2D eigenvalue weighted by atomic mass is 10.0. The number of hydrogen-bond acceptors (Lipinski definition) is 7. The summed E-state index contributed by atoms with van der Waals surface area (Å²) in [5.74, 6) is 0.766. The molecule has 1 fully saturated rings. The number of hydrogen-bond donors (Lipinski definition) is 2. The van der Waals surface area contributed by atoms with Gasteiger partial charge in [0.15, 0.2) is 0 Å². The lowest BCUT2D eigenvalue weighted by Gasteiger charge is -2.23. The smallest absolute Gasteiger partial charge is 0.256 e. The fourth-order valence-corrected chi connectivity index (χ4v) is 2.77. The molecule has 122 valence electrons. The summed E-state index contributed by atoms with van der Waals surface area (Å²) in [4.78, 5) is 22.5. The van der Waals surface area contributed by atoms with Crippen LogP contribution in [0.2, 0.25) is 0 Å². The van der Waals surface area contributed by atoms with E-state index >= 15 is 0 Å². The molecule has 1 amide bonds. The monoisotopic (exact) mass is 317 g/mol. The Hall–Kier alpha value is -2.48. The van der Waals surface area contributed by atoms with Gasteiger partial charge in [-0.15, -0.1) is 0 Å². The van der Waals surface area contributed by atoms with Gasteiger partial charge in [0.1, 0.15) is 16.9 Å². The van der Waals surface area contributed by atoms with Crippen LogP contribution in [-0.4, -0.2) is 51.4 Å². The van der Waals surface area contributed by atoms with Crippen LogP contribution in [0.1, 0.15) is 28.2 Å². The van der Waals surface area contributed by atoms with Crippen molar-refractivity contribution in [3.8, 4) is 0 Å². The quantitative estimate of drug-likeness (QED) is 0.843. The highest BCUT2D eigenvalue weighted by atomic mass is 16.5. The molecule has 1 aliphatic heterocycles. The maximum atomic E-state index is 12.2. The molecule has 1 aliphatic rings. The molecule has 0 unspecified atom stereocenters. The number of rotatable bonds is 4. The minimum absolute atomic E-state index is 0.152. The first kappa shape index (κ1) is 15.4. The van der Waals surface area contributed by atoms with Crippen molar-refractivity contribution in [3.05, 3.63) is 35.5 Å². The summed E-state index contributed by atoms with van der Waals surface area (Å²) in [6.45, 7) is 4.57. The lowest BCUT2D eigenvalue weighted by molar-refractivity contribution is 0.0574. The Morgan fingerprint density at radius 2 is 2.17 bits per heavy atom. The Bertz CT molecular complexity index is 683. The minimum atomic E-state index is -1.01. The topological polar surface area (TPSA) is 104 Å². The van der Waals surface area contributed by atoms with E-state index in [0.29, 0.717) is 42.5 Å². The van der Waals surface area contributed by atoms with Gasteiger partial charge in [0.2, 0.25) is 5.95 Å². The van der Waals surface area contributed by atoms with Gasteiger partial charge in [-0.05, 0) is 26.3 Å². The van der Waals surface area contributed by atoms with Crippen LogP contribution in [0.4, 0.5) is 5.95 Å². The molecule has 0 spiro atoms. The largest absolute Gasteiger partial charge is 0.386 e. The average molecular weight is 317 g/mol. The van der Waals surface area contributed by atoms with E-state index in [1.54, 1.807) is 32.3 Å². The molecule has 2 aromatic heterocycles. The normalized spacial score (nSPS) is 20.7. The van der Waals surface area contributed by atoms with Gasteiger partial charge >= 0.3 is 0 Å². The van der Waals surface area contributed by atoms with Crippen LogP contribution in [0, 0.1) is 13.8 Å². The Morgan fingerprint density at radius 3 is 2.83 bits per heavy atom. The predicted molar refractivity (Wildman–Crippen MR) is 82.1 cm³/mol. The molecule has 23 heavy (non-hydrogen) atoms. The third kappa shape index (κ3) is 3.16. The maximum absolute atomic E-state index is 12.2. The summed E-state index contributed by atoms with van der Waals surface area (Å²) in [5, 5.41) is 17.2.